The Morgan fingerprint density at radius 2 is 1.63 bits per heavy atom. The minimum atomic E-state index is -4.17. The lowest BCUT2D eigenvalue weighted by molar-refractivity contribution is -0.140. The van der Waals surface area contributed by atoms with Crippen LogP contribution in [0, 0.1) is 13.8 Å². The van der Waals surface area contributed by atoms with Gasteiger partial charge in [-0.2, -0.15) is 0 Å². The summed E-state index contributed by atoms with van der Waals surface area (Å²) in [5, 5.41) is 3.53. The average Bonchev–Trinajstić information content (AvgIpc) is 3.50. The molecule has 1 fully saturated rings. The molecule has 230 valence electrons. The number of aryl methyl sites for hydroxylation is 2. The van der Waals surface area contributed by atoms with Crippen molar-refractivity contribution in [1.82, 2.24) is 10.2 Å². The molecule has 3 aromatic rings. The van der Waals surface area contributed by atoms with Crippen LogP contribution in [0.5, 0.6) is 5.75 Å². The molecular weight excluding hydrogens is 586 g/mol. The summed E-state index contributed by atoms with van der Waals surface area (Å²) >= 11 is 6.04. The first kappa shape index (κ1) is 32.4. The summed E-state index contributed by atoms with van der Waals surface area (Å²) in [5.74, 6) is -0.0443. The second-order valence-electron chi connectivity index (χ2n) is 11.0. The van der Waals surface area contributed by atoms with E-state index >= 15 is 0 Å². The van der Waals surface area contributed by atoms with Crippen LogP contribution in [0.2, 0.25) is 5.02 Å². The number of hydrogen-bond donors (Lipinski definition) is 1. The molecule has 1 saturated carbocycles. The first-order chi connectivity index (χ1) is 20.5. The number of benzene rings is 3. The molecule has 2 amide bonds. The molecule has 1 atom stereocenters. The topological polar surface area (TPSA) is 96.0 Å². The Morgan fingerprint density at radius 1 is 0.977 bits per heavy atom. The summed E-state index contributed by atoms with van der Waals surface area (Å²) in [5.41, 5.74) is 3.03. The maximum absolute atomic E-state index is 14.3. The fraction of sp³-hybridized carbons (Fsp3) is 0.394. The highest BCUT2D eigenvalue weighted by Gasteiger charge is 2.34. The van der Waals surface area contributed by atoms with E-state index in [1.165, 1.54) is 29.2 Å². The number of ether oxygens (including phenoxy) is 1. The minimum absolute atomic E-state index is 0.00986. The van der Waals surface area contributed by atoms with Crippen LogP contribution in [-0.2, 0) is 26.2 Å². The van der Waals surface area contributed by atoms with Crippen molar-refractivity contribution in [1.29, 1.82) is 0 Å². The van der Waals surface area contributed by atoms with E-state index in [4.69, 9.17) is 16.3 Å². The number of nitrogens with one attached hydrogen (secondary N) is 1. The number of hydrogen-bond acceptors (Lipinski definition) is 5. The lowest BCUT2D eigenvalue weighted by atomic mass is 10.1. The second kappa shape index (κ2) is 14.3. The lowest BCUT2D eigenvalue weighted by Gasteiger charge is -2.34. The molecule has 4 rings (SSSR count). The third-order valence-corrected chi connectivity index (χ3v) is 10.1. The SMILES string of the molecule is CC[C@H](C(=O)NC1CCCC1)N(Cc1ccc(OC)cc1)C(=O)CN(c1ccc(C)c(C)c1)S(=O)(=O)c1ccc(Cl)cc1. The van der Waals surface area contributed by atoms with Gasteiger partial charge in [0.2, 0.25) is 11.8 Å². The molecule has 0 aromatic heterocycles. The zero-order valence-corrected chi connectivity index (χ0v) is 26.7. The summed E-state index contributed by atoms with van der Waals surface area (Å²) in [7, 11) is -2.59. The van der Waals surface area contributed by atoms with Gasteiger partial charge in [0.05, 0.1) is 17.7 Å². The number of anilines is 1. The van der Waals surface area contributed by atoms with E-state index in [-0.39, 0.29) is 23.4 Å². The first-order valence-electron chi connectivity index (χ1n) is 14.6. The normalized spacial score (nSPS) is 14.3. The van der Waals surface area contributed by atoms with E-state index < -0.39 is 28.5 Å². The van der Waals surface area contributed by atoms with E-state index in [1.54, 1.807) is 31.4 Å². The Labute approximate surface area is 260 Å². The van der Waals surface area contributed by atoms with Gasteiger partial charge in [-0.05, 0) is 98.3 Å². The molecule has 1 N–H and O–H groups in total. The number of carbonyl (C=O) groups is 2. The van der Waals surface area contributed by atoms with Gasteiger partial charge in [0.1, 0.15) is 18.3 Å². The third-order valence-electron chi connectivity index (χ3n) is 8.06. The maximum atomic E-state index is 14.3. The van der Waals surface area contributed by atoms with Crippen LogP contribution >= 0.6 is 11.6 Å². The van der Waals surface area contributed by atoms with Crippen molar-refractivity contribution < 1.29 is 22.7 Å². The minimum Gasteiger partial charge on any atom is -0.497 e. The van der Waals surface area contributed by atoms with Crippen LogP contribution in [0.4, 0.5) is 5.69 Å². The van der Waals surface area contributed by atoms with Crippen molar-refractivity contribution >= 4 is 39.1 Å². The van der Waals surface area contributed by atoms with Crippen molar-refractivity contribution in [2.45, 2.75) is 76.4 Å². The molecule has 1 aliphatic carbocycles. The highest BCUT2D eigenvalue weighted by atomic mass is 35.5. The van der Waals surface area contributed by atoms with Crippen LogP contribution in [0.1, 0.15) is 55.7 Å². The predicted octanol–water partition coefficient (Wildman–Crippen LogP) is 6.03. The number of sulfonamides is 1. The number of methoxy groups -OCH3 is 1. The zero-order valence-electron chi connectivity index (χ0n) is 25.2. The number of nitrogens with zero attached hydrogens (tertiary/aromatic N) is 2. The molecule has 0 spiro atoms. The molecule has 0 bridgehead atoms. The Morgan fingerprint density at radius 3 is 2.21 bits per heavy atom. The van der Waals surface area contributed by atoms with Crippen molar-refractivity contribution in [3.8, 4) is 5.75 Å². The Balaban J connectivity index is 1.73. The molecule has 10 heteroatoms. The molecule has 0 radical (unpaired) electrons. The van der Waals surface area contributed by atoms with Gasteiger partial charge < -0.3 is 15.0 Å². The predicted molar refractivity (Wildman–Crippen MR) is 170 cm³/mol. The number of amides is 2. The molecule has 3 aromatic carbocycles. The summed E-state index contributed by atoms with van der Waals surface area (Å²) in [4.78, 5) is 29.4. The van der Waals surface area contributed by atoms with E-state index in [1.807, 2.05) is 39.0 Å². The molecule has 1 aliphatic rings. The van der Waals surface area contributed by atoms with Crippen molar-refractivity contribution in [2.24, 2.45) is 0 Å². The molecular formula is C33H40ClN3O5S. The van der Waals surface area contributed by atoms with Gasteiger partial charge >= 0.3 is 0 Å². The largest absolute Gasteiger partial charge is 0.497 e. The number of carbonyl (C=O) groups excluding carboxylic acids is 2. The standard InChI is InChI=1S/C33H40ClN3O5S/c1-5-31(33(39)35-27-8-6-7-9-27)36(21-25-11-16-29(42-4)17-12-25)32(38)22-37(28-15-10-23(2)24(3)20-28)43(40,41)30-18-13-26(34)14-19-30/h10-20,27,31H,5-9,21-22H2,1-4H3,(H,35,39)/t31-/m1/s1. The highest BCUT2D eigenvalue weighted by molar-refractivity contribution is 7.92. The van der Waals surface area contributed by atoms with E-state index in [9.17, 15) is 18.0 Å². The van der Waals surface area contributed by atoms with Crippen LogP contribution < -0.4 is 14.4 Å². The summed E-state index contributed by atoms with van der Waals surface area (Å²) in [6.07, 6.45) is 4.31. The van der Waals surface area contributed by atoms with Gasteiger partial charge in [-0.3, -0.25) is 13.9 Å². The fourth-order valence-corrected chi connectivity index (χ4v) is 6.89. The van der Waals surface area contributed by atoms with Crippen molar-refractivity contribution in [3.05, 3.63) is 88.4 Å². The van der Waals surface area contributed by atoms with E-state index in [0.29, 0.717) is 22.9 Å². The van der Waals surface area contributed by atoms with Crippen LogP contribution in [0.25, 0.3) is 0 Å². The number of rotatable bonds is 12. The maximum Gasteiger partial charge on any atom is 0.264 e. The summed E-state index contributed by atoms with van der Waals surface area (Å²) in [6.45, 7) is 5.33. The average molecular weight is 626 g/mol. The Hall–Kier alpha value is -3.56. The van der Waals surface area contributed by atoms with Crippen LogP contribution in [0.3, 0.4) is 0 Å². The molecule has 0 aliphatic heterocycles. The Kier molecular flexibility index (Phi) is 10.7. The molecule has 43 heavy (non-hydrogen) atoms. The molecule has 8 nitrogen and oxygen atoms in total. The van der Waals surface area contributed by atoms with Crippen LogP contribution in [-0.4, -0.2) is 50.9 Å². The molecule has 0 saturated heterocycles. The third kappa shape index (κ3) is 7.89. The van der Waals surface area contributed by atoms with Gasteiger partial charge in [0.15, 0.2) is 0 Å². The Bertz CT molecular complexity index is 1520. The summed E-state index contributed by atoms with van der Waals surface area (Å²) in [6, 6.07) is 17.7. The second-order valence-corrected chi connectivity index (χ2v) is 13.3. The fourth-order valence-electron chi connectivity index (χ4n) is 5.36. The zero-order chi connectivity index (χ0) is 31.1. The van der Waals surface area contributed by atoms with Gasteiger partial charge in [-0.1, -0.05) is 49.6 Å². The van der Waals surface area contributed by atoms with Gasteiger partial charge in [0.25, 0.3) is 10.0 Å². The summed E-state index contributed by atoms with van der Waals surface area (Å²) < 4.78 is 34.5. The van der Waals surface area contributed by atoms with Crippen LogP contribution in [0.15, 0.2) is 71.6 Å². The van der Waals surface area contributed by atoms with Gasteiger partial charge in [-0.15, -0.1) is 0 Å². The smallest absolute Gasteiger partial charge is 0.264 e. The first-order valence-corrected chi connectivity index (χ1v) is 16.4. The monoisotopic (exact) mass is 625 g/mol. The van der Waals surface area contributed by atoms with E-state index in [0.717, 1.165) is 46.7 Å². The lowest BCUT2D eigenvalue weighted by Crippen LogP contribution is -2.53. The molecule has 0 heterocycles. The van der Waals surface area contributed by atoms with Gasteiger partial charge in [0, 0.05) is 17.6 Å². The van der Waals surface area contributed by atoms with Gasteiger partial charge in [-0.25, -0.2) is 8.42 Å². The van der Waals surface area contributed by atoms with Crippen molar-refractivity contribution in [3.63, 3.8) is 0 Å². The number of halogens is 1. The van der Waals surface area contributed by atoms with Crippen molar-refractivity contribution in [2.75, 3.05) is 18.0 Å². The highest BCUT2D eigenvalue weighted by Crippen LogP contribution is 2.28. The van der Waals surface area contributed by atoms with E-state index in [2.05, 4.69) is 5.32 Å². The molecule has 0 unspecified atom stereocenters. The quantitative estimate of drug-likeness (QED) is 0.265.